The fourth-order valence-corrected chi connectivity index (χ4v) is 3.36. The predicted octanol–water partition coefficient (Wildman–Crippen LogP) is 4.55. The van der Waals surface area contributed by atoms with Crippen molar-refractivity contribution in [3.63, 3.8) is 0 Å². The van der Waals surface area contributed by atoms with Gasteiger partial charge in [-0.2, -0.15) is 0 Å². The van der Waals surface area contributed by atoms with Crippen molar-refractivity contribution >= 4 is 12.0 Å². The van der Waals surface area contributed by atoms with E-state index in [1.54, 1.807) is 4.90 Å². The molecule has 0 aliphatic heterocycles. The average Bonchev–Trinajstić information content (AvgIpc) is 2.81. The topological polar surface area (TPSA) is 58.6 Å². The molecule has 0 radical (unpaired) electrons. The van der Waals surface area contributed by atoms with Gasteiger partial charge in [-0.25, -0.2) is 4.79 Å². The van der Waals surface area contributed by atoms with E-state index in [4.69, 9.17) is 4.74 Å². The van der Waals surface area contributed by atoms with Crippen molar-refractivity contribution in [3.05, 3.63) is 108 Å². The third-order valence-corrected chi connectivity index (χ3v) is 4.87. The quantitative estimate of drug-likeness (QED) is 0.562. The molecule has 0 spiro atoms. The summed E-state index contributed by atoms with van der Waals surface area (Å²) >= 11 is 0. The molecule has 2 amide bonds. The van der Waals surface area contributed by atoms with Crippen LogP contribution in [0, 0.1) is 0 Å². The largest absolute Gasteiger partial charge is 0.469 e. The maximum Gasteiger partial charge on any atom is 0.318 e. The number of nitrogens with zero attached hydrogens (tertiary/aromatic N) is 1. The molecule has 0 bridgehead atoms. The van der Waals surface area contributed by atoms with Crippen LogP contribution in [0.15, 0.2) is 91.0 Å². The molecule has 5 nitrogen and oxygen atoms in total. The summed E-state index contributed by atoms with van der Waals surface area (Å²) in [5.41, 5.74) is 2.96. The van der Waals surface area contributed by atoms with Crippen LogP contribution in [0.2, 0.25) is 0 Å². The van der Waals surface area contributed by atoms with Crippen LogP contribution >= 0.6 is 0 Å². The van der Waals surface area contributed by atoms with E-state index in [0.29, 0.717) is 6.54 Å². The second kappa shape index (κ2) is 10.8. The first-order valence-corrected chi connectivity index (χ1v) is 9.94. The van der Waals surface area contributed by atoms with Gasteiger partial charge in [0.05, 0.1) is 19.6 Å². The lowest BCUT2D eigenvalue weighted by atomic mass is 9.97. The van der Waals surface area contributed by atoms with E-state index in [1.165, 1.54) is 7.11 Å². The maximum absolute atomic E-state index is 13.3. The fourth-order valence-electron chi connectivity index (χ4n) is 3.36. The normalized spacial score (nSPS) is 10.5. The highest BCUT2D eigenvalue weighted by Crippen LogP contribution is 2.29. The van der Waals surface area contributed by atoms with Crippen molar-refractivity contribution in [2.45, 2.75) is 19.0 Å². The number of hydrogen-bond donors (Lipinski definition) is 1. The third kappa shape index (κ3) is 5.70. The minimum absolute atomic E-state index is 0.116. The second-order valence-electron chi connectivity index (χ2n) is 6.89. The maximum atomic E-state index is 13.3. The Morgan fingerprint density at radius 3 is 1.83 bits per heavy atom. The van der Waals surface area contributed by atoms with Gasteiger partial charge < -0.3 is 15.0 Å². The molecule has 0 saturated heterocycles. The summed E-state index contributed by atoms with van der Waals surface area (Å²) in [5.74, 6) is -0.351. The molecule has 154 valence electrons. The van der Waals surface area contributed by atoms with Crippen molar-refractivity contribution in [2.75, 3.05) is 13.7 Å². The highest BCUT2D eigenvalue weighted by Gasteiger charge is 2.27. The molecule has 0 atom stereocenters. The number of hydrogen-bond acceptors (Lipinski definition) is 3. The van der Waals surface area contributed by atoms with Gasteiger partial charge in [0.15, 0.2) is 0 Å². The molecular weight excluding hydrogens is 376 g/mol. The van der Waals surface area contributed by atoms with Gasteiger partial charge in [-0.3, -0.25) is 4.79 Å². The van der Waals surface area contributed by atoms with E-state index in [9.17, 15) is 9.59 Å². The molecule has 0 aliphatic rings. The molecule has 3 aromatic rings. The van der Waals surface area contributed by atoms with E-state index in [-0.39, 0.29) is 31.0 Å². The lowest BCUT2D eigenvalue weighted by molar-refractivity contribution is -0.140. The van der Waals surface area contributed by atoms with Crippen molar-refractivity contribution in [3.8, 4) is 0 Å². The van der Waals surface area contributed by atoms with E-state index >= 15 is 0 Å². The third-order valence-electron chi connectivity index (χ3n) is 4.87. The van der Waals surface area contributed by atoms with Crippen LogP contribution in [0.5, 0.6) is 0 Å². The van der Waals surface area contributed by atoms with Gasteiger partial charge in [0.1, 0.15) is 0 Å². The summed E-state index contributed by atoms with van der Waals surface area (Å²) in [7, 11) is 1.36. The van der Waals surface area contributed by atoms with Gasteiger partial charge in [0.25, 0.3) is 0 Å². The summed E-state index contributed by atoms with van der Waals surface area (Å²) in [4.78, 5) is 26.8. The van der Waals surface area contributed by atoms with E-state index in [0.717, 1.165) is 16.7 Å². The zero-order chi connectivity index (χ0) is 21.2. The van der Waals surface area contributed by atoms with Gasteiger partial charge in [-0.05, 0) is 16.7 Å². The van der Waals surface area contributed by atoms with Gasteiger partial charge in [0, 0.05) is 13.1 Å². The first kappa shape index (κ1) is 21.1. The number of urea groups is 1. The zero-order valence-electron chi connectivity index (χ0n) is 17.0. The van der Waals surface area contributed by atoms with Crippen LogP contribution in [0.1, 0.15) is 29.2 Å². The Bertz CT molecular complexity index is 891. The minimum Gasteiger partial charge on any atom is -0.469 e. The Labute approximate surface area is 177 Å². The summed E-state index contributed by atoms with van der Waals surface area (Å²) < 4.78 is 4.80. The molecule has 30 heavy (non-hydrogen) atoms. The van der Waals surface area contributed by atoms with Crippen molar-refractivity contribution in [1.29, 1.82) is 0 Å². The first-order valence-electron chi connectivity index (χ1n) is 9.94. The lowest BCUT2D eigenvalue weighted by Gasteiger charge is -2.32. The van der Waals surface area contributed by atoms with Crippen LogP contribution in [-0.2, 0) is 16.1 Å². The Morgan fingerprint density at radius 1 is 0.833 bits per heavy atom. The second-order valence-corrected chi connectivity index (χ2v) is 6.89. The summed E-state index contributed by atoms with van der Waals surface area (Å²) in [6.45, 7) is 0.645. The molecule has 3 aromatic carbocycles. The minimum atomic E-state index is -0.351. The average molecular weight is 402 g/mol. The van der Waals surface area contributed by atoms with E-state index in [1.807, 2.05) is 91.0 Å². The van der Waals surface area contributed by atoms with Gasteiger partial charge in [-0.1, -0.05) is 91.0 Å². The summed E-state index contributed by atoms with van der Waals surface area (Å²) in [5, 5.41) is 3.00. The van der Waals surface area contributed by atoms with Crippen molar-refractivity contribution in [1.82, 2.24) is 10.2 Å². The van der Waals surface area contributed by atoms with Crippen LogP contribution in [0.3, 0.4) is 0 Å². The lowest BCUT2D eigenvalue weighted by Crippen LogP contribution is -2.43. The Balaban J connectivity index is 1.90. The highest BCUT2D eigenvalue weighted by molar-refractivity contribution is 5.76. The molecule has 0 heterocycles. The number of rotatable bonds is 8. The Hall–Kier alpha value is -3.60. The number of ether oxygens (including phenoxy) is 1. The van der Waals surface area contributed by atoms with Gasteiger partial charge in [-0.15, -0.1) is 0 Å². The van der Waals surface area contributed by atoms with Crippen LogP contribution in [0.25, 0.3) is 0 Å². The first-order chi connectivity index (χ1) is 14.7. The fraction of sp³-hybridized carbons (Fsp3) is 0.200. The number of carbonyl (C=O) groups is 2. The number of benzene rings is 3. The SMILES string of the molecule is COC(=O)CCN(C(=O)NCc1ccccc1)C(c1ccccc1)c1ccccc1. The Kier molecular flexibility index (Phi) is 7.61. The van der Waals surface area contributed by atoms with Crippen LogP contribution in [0.4, 0.5) is 4.79 Å². The molecule has 1 N–H and O–H groups in total. The smallest absolute Gasteiger partial charge is 0.318 e. The molecule has 0 aliphatic carbocycles. The van der Waals surface area contributed by atoms with Gasteiger partial charge >= 0.3 is 12.0 Å². The molecule has 0 aromatic heterocycles. The summed E-state index contributed by atoms with van der Waals surface area (Å²) in [6, 6.07) is 28.8. The molecule has 0 fully saturated rings. The number of amides is 2. The molecule has 5 heteroatoms. The number of carbonyl (C=O) groups excluding carboxylic acids is 2. The van der Waals surface area contributed by atoms with E-state index < -0.39 is 0 Å². The molecule has 0 unspecified atom stereocenters. The molecule has 3 rings (SSSR count). The predicted molar refractivity (Wildman–Crippen MR) is 117 cm³/mol. The Morgan fingerprint density at radius 2 is 1.33 bits per heavy atom. The molecule has 0 saturated carbocycles. The summed E-state index contributed by atoms with van der Waals surface area (Å²) in [6.07, 6.45) is 0.116. The van der Waals surface area contributed by atoms with E-state index in [2.05, 4.69) is 5.32 Å². The monoisotopic (exact) mass is 402 g/mol. The van der Waals surface area contributed by atoms with Crippen LogP contribution < -0.4 is 5.32 Å². The van der Waals surface area contributed by atoms with Gasteiger partial charge in [0.2, 0.25) is 0 Å². The van der Waals surface area contributed by atoms with Crippen molar-refractivity contribution < 1.29 is 14.3 Å². The number of esters is 1. The van der Waals surface area contributed by atoms with Crippen LogP contribution in [-0.4, -0.2) is 30.6 Å². The molecular formula is C25H26N2O3. The van der Waals surface area contributed by atoms with Crippen molar-refractivity contribution in [2.24, 2.45) is 0 Å². The standard InChI is InChI=1S/C25H26N2O3/c1-30-23(28)17-18-27(25(29)26-19-20-11-5-2-6-12-20)24(21-13-7-3-8-14-21)22-15-9-4-10-16-22/h2-16,24H,17-19H2,1H3,(H,26,29). The number of methoxy groups -OCH3 is 1. The highest BCUT2D eigenvalue weighted by atomic mass is 16.5. The zero-order valence-corrected chi connectivity index (χ0v) is 17.0. The number of nitrogens with one attached hydrogen (secondary N) is 1.